The van der Waals surface area contributed by atoms with Crippen LogP contribution in [0.25, 0.3) is 0 Å². The molecule has 0 aliphatic heterocycles. The fourth-order valence-corrected chi connectivity index (χ4v) is 2.12. The van der Waals surface area contributed by atoms with E-state index >= 15 is 0 Å². The van der Waals surface area contributed by atoms with E-state index in [0.29, 0.717) is 5.04 Å². The van der Waals surface area contributed by atoms with Crippen LogP contribution in [0.4, 0.5) is 0 Å². The molecule has 0 amide bonds. The first-order chi connectivity index (χ1) is 6.70. The van der Waals surface area contributed by atoms with Gasteiger partial charge in [-0.05, 0) is 31.5 Å². The van der Waals surface area contributed by atoms with Crippen LogP contribution in [0.3, 0.4) is 0 Å². The number of hydrogen-bond donors (Lipinski definition) is 0. The summed E-state index contributed by atoms with van der Waals surface area (Å²) in [6.07, 6.45) is 3.34. The van der Waals surface area contributed by atoms with Gasteiger partial charge in [0.15, 0.2) is 8.32 Å². The van der Waals surface area contributed by atoms with Crippen LogP contribution < -0.4 is 0 Å². The molecule has 0 rings (SSSR count). The van der Waals surface area contributed by atoms with Gasteiger partial charge in [-0.25, -0.2) is 0 Å². The zero-order chi connectivity index (χ0) is 12.1. The van der Waals surface area contributed by atoms with Crippen molar-refractivity contribution in [3.05, 3.63) is 11.6 Å². The Bertz CT molecular complexity index is 216. The molecule has 0 aliphatic carbocycles. The average Bonchev–Trinajstić information content (AvgIpc) is 2.09. The van der Waals surface area contributed by atoms with Crippen LogP contribution in [0.1, 0.15) is 34.1 Å². The minimum Gasteiger partial charge on any atom is -0.413 e. The van der Waals surface area contributed by atoms with Crippen molar-refractivity contribution < 1.29 is 4.43 Å². The highest BCUT2D eigenvalue weighted by Gasteiger charge is 2.36. The molecule has 0 bridgehead atoms. The van der Waals surface area contributed by atoms with Gasteiger partial charge in [0, 0.05) is 5.33 Å². The molecule has 0 aromatic carbocycles. The maximum absolute atomic E-state index is 6.11. The topological polar surface area (TPSA) is 9.23 Å². The Balaban J connectivity index is 4.15. The van der Waals surface area contributed by atoms with E-state index in [1.165, 1.54) is 5.57 Å². The molecular weight excluding hydrogens is 268 g/mol. The summed E-state index contributed by atoms with van der Waals surface area (Å²) in [6, 6.07) is 0. The van der Waals surface area contributed by atoms with Crippen molar-refractivity contribution in [2.75, 3.05) is 11.9 Å². The summed E-state index contributed by atoms with van der Waals surface area (Å²) in [5, 5.41) is 1.34. The summed E-state index contributed by atoms with van der Waals surface area (Å²) in [7, 11) is -1.56. The number of alkyl halides is 1. The fraction of sp³-hybridized carbons (Fsp3) is 0.833. The van der Waals surface area contributed by atoms with Crippen LogP contribution in [0.2, 0.25) is 18.1 Å². The maximum Gasteiger partial charge on any atom is 0.192 e. The van der Waals surface area contributed by atoms with Gasteiger partial charge in [0.2, 0.25) is 0 Å². The van der Waals surface area contributed by atoms with Gasteiger partial charge in [0.1, 0.15) is 0 Å². The Morgan fingerprint density at radius 3 is 2.27 bits per heavy atom. The van der Waals surface area contributed by atoms with E-state index in [9.17, 15) is 0 Å². The van der Waals surface area contributed by atoms with Crippen LogP contribution in [-0.4, -0.2) is 20.3 Å². The first-order valence-electron chi connectivity index (χ1n) is 5.56. The maximum atomic E-state index is 6.11. The molecule has 0 saturated heterocycles. The highest BCUT2D eigenvalue weighted by atomic mass is 79.9. The summed E-state index contributed by atoms with van der Waals surface area (Å²) in [5.41, 5.74) is 1.35. The van der Waals surface area contributed by atoms with Gasteiger partial charge >= 0.3 is 0 Å². The number of halogens is 1. The van der Waals surface area contributed by atoms with Crippen LogP contribution in [-0.2, 0) is 4.43 Å². The highest BCUT2D eigenvalue weighted by molar-refractivity contribution is 9.09. The average molecular weight is 293 g/mol. The lowest BCUT2D eigenvalue weighted by molar-refractivity contribution is 0.318. The Kier molecular flexibility index (Phi) is 6.38. The summed E-state index contributed by atoms with van der Waals surface area (Å²) in [6.45, 7) is 14.4. The first kappa shape index (κ1) is 15.4. The molecule has 0 unspecified atom stereocenters. The van der Waals surface area contributed by atoms with Crippen molar-refractivity contribution in [3.8, 4) is 0 Å². The zero-order valence-electron chi connectivity index (χ0n) is 11.0. The number of hydrogen-bond acceptors (Lipinski definition) is 1. The molecule has 1 nitrogen and oxygen atoms in total. The number of rotatable bonds is 5. The molecule has 0 aromatic rings. The number of allylic oxidation sites excluding steroid dienone is 1. The summed E-state index contributed by atoms with van der Waals surface area (Å²) >= 11 is 3.42. The van der Waals surface area contributed by atoms with E-state index in [1.807, 2.05) is 0 Å². The molecule has 0 atom stereocenters. The van der Waals surface area contributed by atoms with E-state index in [1.54, 1.807) is 0 Å². The third-order valence-electron chi connectivity index (χ3n) is 3.07. The van der Waals surface area contributed by atoms with E-state index in [4.69, 9.17) is 4.43 Å². The van der Waals surface area contributed by atoms with Crippen molar-refractivity contribution in [1.29, 1.82) is 0 Å². The van der Waals surface area contributed by atoms with Crippen LogP contribution in [0, 0.1) is 0 Å². The third-order valence-corrected chi connectivity index (χ3v) is 8.01. The van der Waals surface area contributed by atoms with Crippen molar-refractivity contribution in [3.63, 3.8) is 0 Å². The summed E-state index contributed by atoms with van der Waals surface area (Å²) < 4.78 is 6.11. The van der Waals surface area contributed by atoms with Gasteiger partial charge in [-0.3, -0.25) is 0 Å². The lowest BCUT2D eigenvalue weighted by Gasteiger charge is -2.36. The van der Waals surface area contributed by atoms with Crippen molar-refractivity contribution in [2.45, 2.75) is 52.2 Å². The normalized spacial score (nSPS) is 14.5. The summed E-state index contributed by atoms with van der Waals surface area (Å²) in [5.74, 6) is 0. The molecule has 0 heterocycles. The minimum absolute atomic E-state index is 0.308. The van der Waals surface area contributed by atoms with Crippen LogP contribution in [0.5, 0.6) is 0 Å². The summed E-state index contributed by atoms with van der Waals surface area (Å²) in [4.78, 5) is 0. The SMILES string of the molecule is C/C(=C\CCBr)CO[Si](C)(C)C(C)(C)C. The lowest BCUT2D eigenvalue weighted by Crippen LogP contribution is -2.41. The van der Waals surface area contributed by atoms with E-state index < -0.39 is 8.32 Å². The molecule has 0 N–H and O–H groups in total. The predicted molar refractivity (Wildman–Crippen MR) is 75.3 cm³/mol. The third kappa shape index (κ3) is 5.88. The van der Waals surface area contributed by atoms with Crippen molar-refractivity contribution in [2.24, 2.45) is 0 Å². The second kappa shape index (κ2) is 6.21. The Morgan fingerprint density at radius 1 is 1.33 bits per heavy atom. The quantitative estimate of drug-likeness (QED) is 0.404. The van der Waals surface area contributed by atoms with E-state index in [0.717, 1.165) is 18.4 Å². The fourth-order valence-electron chi connectivity index (χ4n) is 0.871. The van der Waals surface area contributed by atoms with Gasteiger partial charge in [0.05, 0.1) is 6.61 Å². The van der Waals surface area contributed by atoms with E-state index in [-0.39, 0.29) is 0 Å². The minimum atomic E-state index is -1.56. The zero-order valence-corrected chi connectivity index (χ0v) is 13.6. The van der Waals surface area contributed by atoms with Crippen molar-refractivity contribution in [1.82, 2.24) is 0 Å². The molecule has 0 fully saturated rings. The molecule has 90 valence electrons. The van der Waals surface area contributed by atoms with E-state index in [2.05, 4.69) is 62.8 Å². The molecule has 0 saturated carbocycles. The monoisotopic (exact) mass is 292 g/mol. The largest absolute Gasteiger partial charge is 0.413 e. The van der Waals surface area contributed by atoms with Gasteiger partial charge in [0.25, 0.3) is 0 Å². The smallest absolute Gasteiger partial charge is 0.192 e. The van der Waals surface area contributed by atoms with Gasteiger partial charge in [-0.1, -0.05) is 48.4 Å². The lowest BCUT2D eigenvalue weighted by atomic mass is 10.2. The first-order valence-corrected chi connectivity index (χ1v) is 9.59. The van der Waals surface area contributed by atoms with Gasteiger partial charge in [-0.2, -0.15) is 0 Å². The second-order valence-corrected chi connectivity index (χ2v) is 11.2. The van der Waals surface area contributed by atoms with Crippen LogP contribution in [0.15, 0.2) is 11.6 Å². The molecule has 0 aromatic heterocycles. The standard InChI is InChI=1S/C12H25BrOSi/c1-11(8-7-9-13)10-14-15(5,6)12(2,3)4/h8H,7,9-10H2,1-6H3/b11-8+. The molecule has 0 aliphatic rings. The highest BCUT2D eigenvalue weighted by Crippen LogP contribution is 2.36. The second-order valence-electron chi connectivity index (χ2n) is 5.58. The predicted octanol–water partition coefficient (Wildman–Crippen LogP) is 4.74. The molecule has 0 spiro atoms. The van der Waals surface area contributed by atoms with Crippen LogP contribution >= 0.6 is 15.9 Å². The molecule has 3 heteroatoms. The Morgan fingerprint density at radius 2 is 1.87 bits per heavy atom. The Labute approximate surface area is 105 Å². The molecular formula is C12H25BrOSi. The van der Waals surface area contributed by atoms with Crippen molar-refractivity contribution >= 4 is 24.2 Å². The van der Waals surface area contributed by atoms with Gasteiger partial charge < -0.3 is 4.43 Å². The Hall–Kier alpha value is 0.397. The molecule has 15 heavy (non-hydrogen) atoms. The van der Waals surface area contributed by atoms with Gasteiger partial charge in [-0.15, -0.1) is 0 Å². The molecule has 0 radical (unpaired) electrons.